The van der Waals surface area contributed by atoms with Gasteiger partial charge in [0.1, 0.15) is 0 Å². The highest BCUT2D eigenvalue weighted by molar-refractivity contribution is 4.66. The van der Waals surface area contributed by atoms with Gasteiger partial charge in [0.25, 0.3) is 0 Å². The number of hydrogen-bond donors (Lipinski definition) is 3. The maximum absolute atomic E-state index is 5.78. The maximum Gasteiger partial charge on any atom is 0.0594 e. The Labute approximate surface area is 116 Å². The summed E-state index contributed by atoms with van der Waals surface area (Å²) in [4.78, 5) is 4.96. The largest absolute Gasteiger partial charge is 0.379 e. The molecule has 6 heteroatoms. The summed E-state index contributed by atoms with van der Waals surface area (Å²) in [5.41, 5.74) is 6.63. The summed E-state index contributed by atoms with van der Waals surface area (Å²) in [5, 5.41) is 3.55. The summed E-state index contributed by atoms with van der Waals surface area (Å²) in [6, 6.07) is 0. The van der Waals surface area contributed by atoms with Gasteiger partial charge in [-0.05, 0) is 19.5 Å². The van der Waals surface area contributed by atoms with Crippen molar-refractivity contribution in [3.8, 4) is 0 Å². The zero-order valence-corrected chi connectivity index (χ0v) is 12.0. The lowest BCUT2D eigenvalue weighted by atomic mass is 10.3. The monoisotopic (exact) mass is 271 g/mol. The van der Waals surface area contributed by atoms with Crippen LogP contribution in [0.15, 0.2) is 0 Å². The van der Waals surface area contributed by atoms with Crippen LogP contribution in [0.4, 0.5) is 0 Å². The van der Waals surface area contributed by atoms with E-state index in [2.05, 4.69) is 26.0 Å². The van der Waals surface area contributed by atoms with Crippen LogP contribution in [-0.2, 0) is 4.74 Å². The van der Waals surface area contributed by atoms with Gasteiger partial charge in [0.05, 0.1) is 13.2 Å². The predicted octanol–water partition coefficient (Wildman–Crippen LogP) is -1.29. The molecular formula is C13H29N5O. The minimum atomic E-state index is 0.848. The van der Waals surface area contributed by atoms with Gasteiger partial charge in [0.15, 0.2) is 0 Å². The highest BCUT2D eigenvalue weighted by Gasteiger charge is 2.09. The molecule has 0 amide bonds. The van der Waals surface area contributed by atoms with Crippen LogP contribution < -0.4 is 16.2 Å². The van der Waals surface area contributed by atoms with Crippen molar-refractivity contribution in [3.05, 3.63) is 0 Å². The van der Waals surface area contributed by atoms with Gasteiger partial charge in [-0.3, -0.25) is 20.7 Å². The van der Waals surface area contributed by atoms with Crippen LogP contribution >= 0.6 is 0 Å². The first kappa shape index (κ1) is 15.2. The van der Waals surface area contributed by atoms with Crippen LogP contribution in [0.5, 0.6) is 0 Å². The molecule has 6 nitrogen and oxygen atoms in total. The Morgan fingerprint density at radius 3 is 2.00 bits per heavy atom. The number of nitrogens with one attached hydrogen (secondary N) is 3. The third kappa shape index (κ3) is 6.65. The van der Waals surface area contributed by atoms with E-state index < -0.39 is 0 Å². The van der Waals surface area contributed by atoms with Gasteiger partial charge in [-0.1, -0.05) is 0 Å². The quantitative estimate of drug-likeness (QED) is 0.477. The average molecular weight is 271 g/mol. The Morgan fingerprint density at radius 2 is 1.26 bits per heavy atom. The maximum atomic E-state index is 5.78. The molecule has 2 atom stereocenters. The Kier molecular flexibility index (Phi) is 7.68. The second kappa shape index (κ2) is 9.63. The van der Waals surface area contributed by atoms with E-state index in [-0.39, 0.29) is 0 Å². The predicted molar refractivity (Wildman–Crippen MR) is 77.2 cm³/mol. The van der Waals surface area contributed by atoms with E-state index >= 15 is 0 Å². The highest BCUT2D eigenvalue weighted by atomic mass is 16.5. The number of hydrazine groups is 1. The molecule has 2 fully saturated rings. The van der Waals surface area contributed by atoms with E-state index in [9.17, 15) is 0 Å². The molecule has 0 radical (unpaired) electrons. The summed E-state index contributed by atoms with van der Waals surface area (Å²) in [5.74, 6) is 0. The van der Waals surface area contributed by atoms with Gasteiger partial charge in [-0.25, -0.2) is 0 Å². The molecule has 2 aliphatic rings. The summed E-state index contributed by atoms with van der Waals surface area (Å²) in [7, 11) is 0. The van der Waals surface area contributed by atoms with Crippen molar-refractivity contribution in [2.45, 2.75) is 6.42 Å². The van der Waals surface area contributed by atoms with Crippen molar-refractivity contribution in [3.63, 3.8) is 0 Å². The van der Waals surface area contributed by atoms with Crippen LogP contribution in [-0.4, -0.2) is 88.5 Å². The van der Waals surface area contributed by atoms with E-state index in [1.165, 1.54) is 6.42 Å². The molecule has 0 aromatic carbocycles. The van der Waals surface area contributed by atoms with Crippen molar-refractivity contribution in [1.82, 2.24) is 26.0 Å². The molecule has 0 saturated carbocycles. The fraction of sp³-hybridized carbons (Fsp3) is 1.00. The second-order valence-corrected chi connectivity index (χ2v) is 5.25. The van der Waals surface area contributed by atoms with Crippen LogP contribution in [0.25, 0.3) is 0 Å². The van der Waals surface area contributed by atoms with Crippen molar-refractivity contribution in [2.75, 3.05) is 78.7 Å². The average Bonchev–Trinajstić information content (AvgIpc) is 2.46. The summed E-state index contributed by atoms with van der Waals surface area (Å²) < 4.78 is 5.78. The van der Waals surface area contributed by atoms with E-state index in [4.69, 9.17) is 4.74 Å². The van der Waals surface area contributed by atoms with Gasteiger partial charge >= 0.3 is 0 Å². The molecule has 2 aliphatic heterocycles. The lowest BCUT2D eigenvalue weighted by Crippen LogP contribution is -2.45. The number of hydrogen-bond acceptors (Lipinski definition) is 6. The third-order valence-corrected chi connectivity index (χ3v) is 3.77. The number of nitrogens with zero attached hydrogens (tertiary/aromatic N) is 2. The van der Waals surface area contributed by atoms with Crippen LogP contribution in [0.2, 0.25) is 0 Å². The van der Waals surface area contributed by atoms with Crippen molar-refractivity contribution >= 4 is 0 Å². The Morgan fingerprint density at radius 1 is 0.632 bits per heavy atom. The fourth-order valence-electron chi connectivity index (χ4n) is 2.55. The number of rotatable bonds is 0. The minimum absolute atomic E-state index is 0.848. The van der Waals surface area contributed by atoms with Crippen molar-refractivity contribution in [2.24, 2.45) is 0 Å². The third-order valence-electron chi connectivity index (χ3n) is 3.77. The topological polar surface area (TPSA) is 51.8 Å². The Hall–Kier alpha value is -0.240. The van der Waals surface area contributed by atoms with E-state index in [0.29, 0.717) is 0 Å². The molecule has 2 heterocycles. The first-order valence-corrected chi connectivity index (χ1v) is 7.64. The smallest absolute Gasteiger partial charge is 0.0594 e. The molecule has 2 bridgehead atoms. The molecule has 112 valence electrons. The van der Waals surface area contributed by atoms with E-state index in [1.54, 1.807) is 0 Å². The van der Waals surface area contributed by atoms with Crippen LogP contribution in [0.1, 0.15) is 6.42 Å². The summed E-state index contributed by atoms with van der Waals surface area (Å²) >= 11 is 0. The van der Waals surface area contributed by atoms with Gasteiger partial charge in [0, 0.05) is 52.4 Å². The van der Waals surface area contributed by atoms with Crippen molar-refractivity contribution in [1.29, 1.82) is 0 Å². The summed E-state index contributed by atoms with van der Waals surface area (Å²) in [6.07, 6.45) is 1.22. The van der Waals surface area contributed by atoms with Crippen LogP contribution in [0, 0.1) is 0 Å². The SMILES string of the molecule is C1CNCCN2CCNNCCN(C1)CCOCC2. The molecule has 0 spiro atoms. The van der Waals surface area contributed by atoms with Crippen LogP contribution in [0.3, 0.4) is 0 Å². The Balaban J connectivity index is 1.90. The zero-order valence-electron chi connectivity index (χ0n) is 12.0. The highest BCUT2D eigenvalue weighted by Crippen LogP contribution is 1.95. The number of fused-ring (bicyclic) bond motifs is 6. The molecule has 3 N–H and O–H groups in total. The Bertz CT molecular complexity index is 191. The lowest BCUT2D eigenvalue weighted by molar-refractivity contribution is 0.0863. The van der Waals surface area contributed by atoms with Gasteiger partial charge in [-0.15, -0.1) is 0 Å². The van der Waals surface area contributed by atoms with Gasteiger partial charge in [0.2, 0.25) is 0 Å². The fourth-order valence-corrected chi connectivity index (χ4v) is 2.55. The first-order valence-electron chi connectivity index (χ1n) is 7.64. The molecule has 2 rings (SSSR count). The molecule has 2 unspecified atom stereocenters. The number of ether oxygens (including phenoxy) is 1. The second-order valence-electron chi connectivity index (χ2n) is 5.25. The molecule has 19 heavy (non-hydrogen) atoms. The molecule has 0 aromatic heterocycles. The van der Waals surface area contributed by atoms with Gasteiger partial charge < -0.3 is 10.1 Å². The van der Waals surface area contributed by atoms with E-state index in [0.717, 1.165) is 78.7 Å². The zero-order chi connectivity index (χ0) is 13.2. The van der Waals surface area contributed by atoms with E-state index in [1.807, 2.05) is 0 Å². The standard InChI is InChI=1S/C13H29N5O/c1-2-14-3-7-18-9-5-16-15-4-8-17(6-1)10-12-19-13-11-18/h14-16H,1-13H2. The van der Waals surface area contributed by atoms with Gasteiger partial charge in [-0.2, -0.15) is 0 Å². The summed E-state index contributed by atoms with van der Waals surface area (Å²) in [6.45, 7) is 12.4. The minimum Gasteiger partial charge on any atom is -0.379 e. The van der Waals surface area contributed by atoms with Crippen molar-refractivity contribution < 1.29 is 4.74 Å². The molecule has 2 saturated heterocycles. The molecular weight excluding hydrogens is 242 g/mol. The lowest BCUT2D eigenvalue weighted by Gasteiger charge is -2.23. The molecule has 0 aliphatic carbocycles. The molecule has 0 aromatic rings. The first-order chi connectivity index (χ1) is 9.45. The normalized spacial score (nSPS) is 32.8.